The number of rotatable bonds is 6. The van der Waals surface area contributed by atoms with Crippen molar-refractivity contribution in [3.8, 4) is 11.3 Å². The second-order valence-corrected chi connectivity index (χ2v) is 9.84. The number of benzene rings is 1. The predicted octanol–water partition coefficient (Wildman–Crippen LogP) is 3.73. The topological polar surface area (TPSA) is 84.8 Å². The molecular weight excluding hydrogens is 497 g/mol. The highest BCUT2D eigenvalue weighted by atomic mass is 19.4. The molecule has 0 radical (unpaired) electrons. The summed E-state index contributed by atoms with van der Waals surface area (Å²) in [7, 11) is 1.86. The van der Waals surface area contributed by atoms with Gasteiger partial charge in [0.05, 0.1) is 37.5 Å². The van der Waals surface area contributed by atoms with Crippen molar-refractivity contribution in [2.24, 2.45) is 7.05 Å². The minimum atomic E-state index is -4.71. The summed E-state index contributed by atoms with van der Waals surface area (Å²) in [5.74, 6) is -2.05. The second-order valence-electron chi connectivity index (χ2n) is 9.84. The lowest BCUT2D eigenvalue weighted by Gasteiger charge is -2.41. The fraction of sp³-hybridized carbons (Fsp3) is 0.417. The fourth-order valence-corrected chi connectivity index (χ4v) is 4.98. The Hall–Kier alpha value is -3.45. The van der Waals surface area contributed by atoms with Crippen LogP contribution in [0.4, 0.5) is 22.0 Å². The lowest BCUT2D eigenvalue weighted by atomic mass is 9.75. The van der Waals surface area contributed by atoms with Gasteiger partial charge in [-0.25, -0.2) is 13.8 Å². The molecule has 0 unspecified atom stereocenters. The Bertz CT molecular complexity index is 1470. The van der Waals surface area contributed by atoms with Crippen molar-refractivity contribution < 1.29 is 26.7 Å². The number of halogens is 5. The number of H-pyrrole nitrogens is 1. The lowest BCUT2D eigenvalue weighted by molar-refractivity contribution is -0.142. The van der Waals surface area contributed by atoms with E-state index in [9.17, 15) is 22.0 Å². The van der Waals surface area contributed by atoms with Gasteiger partial charge in [-0.15, -0.1) is 10.2 Å². The molecule has 2 saturated heterocycles. The first kappa shape index (κ1) is 23.9. The van der Waals surface area contributed by atoms with E-state index in [-0.39, 0.29) is 23.0 Å². The maximum absolute atomic E-state index is 13.7. The zero-order valence-electron chi connectivity index (χ0n) is 19.7. The molecule has 2 aliphatic rings. The second kappa shape index (κ2) is 8.28. The molecule has 194 valence electrons. The van der Waals surface area contributed by atoms with E-state index in [2.05, 4.69) is 25.4 Å². The van der Waals surface area contributed by atoms with E-state index in [0.717, 1.165) is 17.5 Å². The quantitative estimate of drug-likeness (QED) is 0.391. The van der Waals surface area contributed by atoms with Crippen LogP contribution in [0.3, 0.4) is 0 Å². The molecule has 13 heteroatoms. The molecule has 1 aromatic carbocycles. The molecule has 0 atom stereocenters. The molecule has 1 N–H and O–H groups in total. The normalized spacial score (nSPS) is 19.1. The monoisotopic (exact) mass is 519 g/mol. The summed E-state index contributed by atoms with van der Waals surface area (Å²) < 4.78 is 75.2. The third-order valence-electron chi connectivity index (χ3n) is 7.01. The standard InChI is InChI=1S/C24H22F5N7O/c1-35-13-30-32-19(35)7-22(11-37-12-22)15-4-2-3-14(5-15)20-16-6-18(24(27,28)29)31-17(21(16)34-33-20)8-36-9-23(25,26)10-36/h2-6,13H,7-12H2,1H3,(H,33,34). The molecule has 0 saturated carbocycles. The minimum absolute atomic E-state index is 0.0291. The van der Waals surface area contributed by atoms with E-state index in [1.54, 1.807) is 12.4 Å². The summed E-state index contributed by atoms with van der Waals surface area (Å²) in [4.78, 5) is 5.12. The highest BCUT2D eigenvalue weighted by Crippen LogP contribution is 2.39. The average molecular weight is 519 g/mol. The van der Waals surface area contributed by atoms with Crippen molar-refractivity contribution in [3.63, 3.8) is 0 Å². The Labute approximate surface area is 207 Å². The Balaban J connectivity index is 1.40. The fourth-order valence-electron chi connectivity index (χ4n) is 4.98. The Morgan fingerprint density at radius 3 is 2.54 bits per heavy atom. The number of nitrogens with zero attached hydrogens (tertiary/aromatic N) is 6. The molecule has 0 amide bonds. The Kier molecular flexibility index (Phi) is 5.35. The van der Waals surface area contributed by atoms with Gasteiger partial charge in [0.25, 0.3) is 5.92 Å². The van der Waals surface area contributed by atoms with Crippen LogP contribution >= 0.6 is 0 Å². The van der Waals surface area contributed by atoms with Gasteiger partial charge in [-0.05, 0) is 17.7 Å². The van der Waals surface area contributed by atoms with E-state index in [4.69, 9.17) is 4.74 Å². The van der Waals surface area contributed by atoms with Crippen LogP contribution in [0.2, 0.25) is 0 Å². The zero-order valence-corrected chi connectivity index (χ0v) is 19.7. The lowest BCUT2D eigenvalue weighted by Crippen LogP contribution is -2.55. The van der Waals surface area contributed by atoms with Gasteiger partial charge in [0.15, 0.2) is 0 Å². The number of alkyl halides is 5. The van der Waals surface area contributed by atoms with Crippen molar-refractivity contribution in [2.45, 2.75) is 30.5 Å². The summed E-state index contributed by atoms with van der Waals surface area (Å²) in [5, 5.41) is 15.5. The van der Waals surface area contributed by atoms with Crippen molar-refractivity contribution >= 4 is 10.9 Å². The highest BCUT2D eigenvalue weighted by molar-refractivity contribution is 5.94. The maximum atomic E-state index is 13.7. The molecular formula is C24H22F5N7O. The number of likely N-dealkylation sites (tertiary alicyclic amines) is 1. The summed E-state index contributed by atoms with van der Waals surface area (Å²) >= 11 is 0. The maximum Gasteiger partial charge on any atom is 0.433 e. The number of pyridine rings is 1. The van der Waals surface area contributed by atoms with Gasteiger partial charge < -0.3 is 9.30 Å². The molecule has 37 heavy (non-hydrogen) atoms. The van der Waals surface area contributed by atoms with Crippen LogP contribution in [0.25, 0.3) is 22.2 Å². The van der Waals surface area contributed by atoms with E-state index in [1.807, 2.05) is 29.8 Å². The Morgan fingerprint density at radius 1 is 1.14 bits per heavy atom. The molecule has 8 nitrogen and oxygen atoms in total. The molecule has 2 fully saturated rings. The van der Waals surface area contributed by atoms with E-state index >= 15 is 0 Å². The highest BCUT2D eigenvalue weighted by Gasteiger charge is 2.44. The number of hydrogen-bond acceptors (Lipinski definition) is 6. The van der Waals surface area contributed by atoms with E-state index < -0.39 is 30.9 Å². The van der Waals surface area contributed by atoms with Gasteiger partial charge in [-0.1, -0.05) is 18.2 Å². The van der Waals surface area contributed by atoms with Crippen molar-refractivity contribution in [2.75, 3.05) is 26.3 Å². The third-order valence-corrected chi connectivity index (χ3v) is 7.01. The first-order valence-corrected chi connectivity index (χ1v) is 11.6. The summed E-state index contributed by atoms with van der Waals surface area (Å²) in [5.41, 5.74) is 0.777. The first-order valence-electron chi connectivity index (χ1n) is 11.6. The average Bonchev–Trinajstić information content (AvgIpc) is 3.40. The molecule has 3 aromatic heterocycles. The number of nitrogens with one attached hydrogen (secondary N) is 1. The molecule has 4 aromatic rings. The largest absolute Gasteiger partial charge is 0.433 e. The zero-order chi connectivity index (χ0) is 26.0. The number of fused-ring (bicyclic) bond motifs is 1. The van der Waals surface area contributed by atoms with Crippen LogP contribution in [0.5, 0.6) is 0 Å². The van der Waals surface area contributed by atoms with Crippen LogP contribution in [0.1, 0.15) is 22.8 Å². The van der Waals surface area contributed by atoms with Gasteiger partial charge in [0.2, 0.25) is 0 Å². The van der Waals surface area contributed by atoms with Gasteiger partial charge in [0, 0.05) is 36.4 Å². The number of aryl methyl sites for hydroxylation is 1. The van der Waals surface area contributed by atoms with Crippen LogP contribution in [-0.2, 0) is 36.3 Å². The summed E-state index contributed by atoms with van der Waals surface area (Å²) in [6, 6.07) is 8.42. The van der Waals surface area contributed by atoms with E-state index in [0.29, 0.717) is 36.4 Å². The number of aromatic nitrogens is 6. The van der Waals surface area contributed by atoms with E-state index in [1.165, 1.54) is 4.90 Å². The first-order chi connectivity index (χ1) is 17.5. The Morgan fingerprint density at radius 2 is 1.92 bits per heavy atom. The number of hydrogen-bond donors (Lipinski definition) is 1. The minimum Gasteiger partial charge on any atom is -0.379 e. The van der Waals surface area contributed by atoms with Crippen molar-refractivity contribution in [3.05, 3.63) is 59.4 Å². The molecule has 0 aliphatic carbocycles. The van der Waals surface area contributed by atoms with Gasteiger partial charge in [-0.2, -0.15) is 18.3 Å². The van der Waals surface area contributed by atoms with Gasteiger partial charge in [-0.3, -0.25) is 10.00 Å². The van der Waals surface area contributed by atoms with Gasteiger partial charge >= 0.3 is 6.18 Å². The summed E-state index contributed by atoms with van der Waals surface area (Å²) in [6.07, 6.45) is -2.50. The third kappa shape index (κ3) is 4.25. The summed E-state index contributed by atoms with van der Waals surface area (Å²) in [6.45, 7) is -0.249. The number of ether oxygens (including phenoxy) is 1. The van der Waals surface area contributed by atoms with Crippen molar-refractivity contribution in [1.82, 2.24) is 34.8 Å². The predicted molar refractivity (Wildman–Crippen MR) is 122 cm³/mol. The van der Waals surface area contributed by atoms with Crippen LogP contribution in [0.15, 0.2) is 36.7 Å². The molecule has 0 spiro atoms. The molecule has 0 bridgehead atoms. The number of aromatic amines is 1. The van der Waals surface area contributed by atoms with Crippen LogP contribution < -0.4 is 0 Å². The van der Waals surface area contributed by atoms with Crippen molar-refractivity contribution in [1.29, 1.82) is 0 Å². The molecule has 5 heterocycles. The SMILES string of the molecule is Cn1cnnc1CC1(c2cccc(-c3n[nH]c4c(CN5CC(F)(F)C5)nc(C(F)(F)F)cc34)c2)COC1. The molecule has 2 aliphatic heterocycles. The molecule has 6 rings (SSSR count). The van der Waals surface area contributed by atoms with Crippen LogP contribution in [-0.4, -0.2) is 67.1 Å². The van der Waals surface area contributed by atoms with Crippen LogP contribution in [0, 0.1) is 0 Å². The van der Waals surface area contributed by atoms with Gasteiger partial charge in [0.1, 0.15) is 23.5 Å². The smallest absolute Gasteiger partial charge is 0.379 e.